The number of amides is 2. The summed E-state index contributed by atoms with van der Waals surface area (Å²) >= 11 is 0. The second kappa shape index (κ2) is 5.71. The van der Waals surface area contributed by atoms with Crippen molar-refractivity contribution in [2.45, 2.75) is 57.0 Å². The molecule has 0 radical (unpaired) electrons. The van der Waals surface area contributed by atoms with Crippen molar-refractivity contribution in [2.75, 3.05) is 13.6 Å². The standard InChI is InChI=1S/C13H25N3O/c1-16(9-10-7-11(14)8-10)13(17)15-12-5-3-2-4-6-12/h10-12H,2-9,14H2,1H3,(H,15,17). The molecule has 0 aromatic heterocycles. The van der Waals surface area contributed by atoms with Gasteiger partial charge in [-0.1, -0.05) is 19.3 Å². The number of urea groups is 1. The lowest BCUT2D eigenvalue weighted by molar-refractivity contribution is 0.167. The van der Waals surface area contributed by atoms with Crippen molar-refractivity contribution in [1.29, 1.82) is 0 Å². The zero-order chi connectivity index (χ0) is 12.3. The van der Waals surface area contributed by atoms with Crippen LogP contribution in [0.1, 0.15) is 44.9 Å². The molecule has 2 rings (SSSR count). The van der Waals surface area contributed by atoms with Gasteiger partial charge in [-0.15, -0.1) is 0 Å². The number of carbonyl (C=O) groups excluding carboxylic acids is 1. The topological polar surface area (TPSA) is 58.4 Å². The van der Waals surface area contributed by atoms with E-state index >= 15 is 0 Å². The Kier molecular flexibility index (Phi) is 4.26. The van der Waals surface area contributed by atoms with Gasteiger partial charge >= 0.3 is 6.03 Å². The van der Waals surface area contributed by atoms with E-state index in [0.29, 0.717) is 18.0 Å². The molecular formula is C13H25N3O. The van der Waals surface area contributed by atoms with Crippen LogP contribution in [0, 0.1) is 5.92 Å². The fourth-order valence-electron chi connectivity index (χ4n) is 2.94. The average Bonchev–Trinajstić information content (AvgIpc) is 2.28. The molecule has 0 aliphatic heterocycles. The molecule has 2 amide bonds. The summed E-state index contributed by atoms with van der Waals surface area (Å²) in [7, 11) is 1.89. The molecule has 0 atom stereocenters. The Morgan fingerprint density at radius 1 is 1.29 bits per heavy atom. The van der Waals surface area contributed by atoms with Crippen molar-refractivity contribution < 1.29 is 4.79 Å². The van der Waals surface area contributed by atoms with Crippen LogP contribution < -0.4 is 11.1 Å². The van der Waals surface area contributed by atoms with Gasteiger partial charge in [0.15, 0.2) is 0 Å². The Hall–Kier alpha value is -0.770. The molecule has 4 heteroatoms. The van der Waals surface area contributed by atoms with Crippen LogP contribution in [0.5, 0.6) is 0 Å². The van der Waals surface area contributed by atoms with E-state index in [2.05, 4.69) is 5.32 Å². The number of nitrogens with zero attached hydrogens (tertiary/aromatic N) is 1. The third kappa shape index (κ3) is 3.60. The predicted octanol–water partition coefficient (Wildman–Crippen LogP) is 1.70. The SMILES string of the molecule is CN(CC1CC(N)C1)C(=O)NC1CCCCC1. The van der Waals surface area contributed by atoms with Crippen LogP contribution in [0.3, 0.4) is 0 Å². The molecular weight excluding hydrogens is 214 g/mol. The molecule has 2 fully saturated rings. The summed E-state index contributed by atoms with van der Waals surface area (Å²) < 4.78 is 0. The van der Waals surface area contributed by atoms with E-state index in [1.54, 1.807) is 0 Å². The van der Waals surface area contributed by atoms with E-state index in [1.807, 2.05) is 11.9 Å². The highest BCUT2D eigenvalue weighted by Gasteiger charge is 2.28. The molecule has 3 N–H and O–H groups in total. The van der Waals surface area contributed by atoms with Gasteiger partial charge in [0.05, 0.1) is 0 Å². The molecule has 17 heavy (non-hydrogen) atoms. The third-order valence-electron chi connectivity index (χ3n) is 4.08. The maximum Gasteiger partial charge on any atom is 0.317 e. The van der Waals surface area contributed by atoms with Crippen molar-refractivity contribution in [3.8, 4) is 0 Å². The Morgan fingerprint density at radius 2 is 1.94 bits per heavy atom. The maximum absolute atomic E-state index is 12.0. The number of nitrogens with one attached hydrogen (secondary N) is 1. The molecule has 0 aromatic carbocycles. The zero-order valence-electron chi connectivity index (χ0n) is 10.8. The summed E-state index contributed by atoms with van der Waals surface area (Å²) in [4.78, 5) is 13.8. The van der Waals surface area contributed by atoms with Crippen LogP contribution in [0.15, 0.2) is 0 Å². The van der Waals surface area contributed by atoms with Gasteiger partial charge in [-0.05, 0) is 31.6 Å². The lowest BCUT2D eigenvalue weighted by Gasteiger charge is -2.36. The number of rotatable bonds is 3. The minimum Gasteiger partial charge on any atom is -0.335 e. The lowest BCUT2D eigenvalue weighted by Crippen LogP contribution is -2.48. The summed E-state index contributed by atoms with van der Waals surface area (Å²) in [5, 5.41) is 3.14. The molecule has 0 heterocycles. The summed E-state index contributed by atoms with van der Waals surface area (Å²) in [5.41, 5.74) is 5.75. The Labute approximate surface area is 104 Å². The first-order valence-corrected chi connectivity index (χ1v) is 6.92. The van der Waals surface area contributed by atoms with Crippen molar-refractivity contribution in [3.05, 3.63) is 0 Å². The van der Waals surface area contributed by atoms with E-state index in [9.17, 15) is 4.79 Å². The molecule has 0 spiro atoms. The predicted molar refractivity (Wildman–Crippen MR) is 68.7 cm³/mol. The second-order valence-electron chi connectivity index (χ2n) is 5.76. The van der Waals surface area contributed by atoms with E-state index < -0.39 is 0 Å². The van der Waals surface area contributed by atoms with Gasteiger partial charge in [0, 0.05) is 25.7 Å². The average molecular weight is 239 g/mol. The van der Waals surface area contributed by atoms with E-state index in [-0.39, 0.29) is 6.03 Å². The first-order valence-electron chi connectivity index (χ1n) is 6.92. The summed E-state index contributed by atoms with van der Waals surface area (Å²) in [6, 6.07) is 0.870. The Balaban J connectivity index is 1.67. The minimum absolute atomic E-state index is 0.0948. The molecule has 0 saturated heterocycles. The second-order valence-corrected chi connectivity index (χ2v) is 5.76. The fourth-order valence-corrected chi connectivity index (χ4v) is 2.94. The zero-order valence-corrected chi connectivity index (χ0v) is 10.8. The van der Waals surface area contributed by atoms with Crippen LogP contribution in [0.2, 0.25) is 0 Å². The molecule has 2 saturated carbocycles. The molecule has 2 aliphatic rings. The van der Waals surface area contributed by atoms with Crippen molar-refractivity contribution in [3.63, 3.8) is 0 Å². The molecule has 2 aliphatic carbocycles. The van der Waals surface area contributed by atoms with Crippen molar-refractivity contribution in [2.24, 2.45) is 11.7 Å². The Morgan fingerprint density at radius 3 is 2.53 bits per heavy atom. The van der Waals surface area contributed by atoms with Gasteiger partial charge in [-0.3, -0.25) is 0 Å². The highest BCUT2D eigenvalue weighted by Crippen LogP contribution is 2.26. The van der Waals surface area contributed by atoms with Gasteiger partial charge in [0.25, 0.3) is 0 Å². The van der Waals surface area contributed by atoms with Crippen LogP contribution in [0.4, 0.5) is 4.79 Å². The van der Waals surface area contributed by atoms with Gasteiger partial charge in [-0.2, -0.15) is 0 Å². The smallest absolute Gasteiger partial charge is 0.317 e. The van der Waals surface area contributed by atoms with Gasteiger partial charge in [0.2, 0.25) is 0 Å². The van der Waals surface area contributed by atoms with Crippen LogP contribution in [0.25, 0.3) is 0 Å². The summed E-state index contributed by atoms with van der Waals surface area (Å²) in [5.74, 6) is 0.618. The number of hydrogen-bond acceptors (Lipinski definition) is 2. The first kappa shape index (κ1) is 12.7. The Bertz CT molecular complexity index is 257. The number of carbonyl (C=O) groups is 1. The largest absolute Gasteiger partial charge is 0.335 e. The first-order chi connectivity index (χ1) is 8.15. The van der Waals surface area contributed by atoms with Gasteiger partial charge in [-0.25, -0.2) is 4.79 Å². The molecule has 4 nitrogen and oxygen atoms in total. The number of hydrogen-bond donors (Lipinski definition) is 2. The number of nitrogens with two attached hydrogens (primary N) is 1. The van der Waals surface area contributed by atoms with Gasteiger partial charge in [0.1, 0.15) is 0 Å². The monoisotopic (exact) mass is 239 g/mol. The van der Waals surface area contributed by atoms with Crippen LogP contribution >= 0.6 is 0 Å². The lowest BCUT2D eigenvalue weighted by atomic mass is 9.81. The van der Waals surface area contributed by atoms with E-state index in [4.69, 9.17) is 5.73 Å². The quantitative estimate of drug-likeness (QED) is 0.787. The molecule has 0 aromatic rings. The van der Waals surface area contributed by atoms with Crippen molar-refractivity contribution in [1.82, 2.24) is 10.2 Å². The van der Waals surface area contributed by atoms with E-state index in [1.165, 1.54) is 19.3 Å². The highest BCUT2D eigenvalue weighted by molar-refractivity contribution is 5.74. The van der Waals surface area contributed by atoms with Crippen molar-refractivity contribution >= 4 is 6.03 Å². The molecule has 0 bridgehead atoms. The van der Waals surface area contributed by atoms with Crippen LogP contribution in [-0.4, -0.2) is 36.6 Å². The highest BCUT2D eigenvalue weighted by atomic mass is 16.2. The third-order valence-corrected chi connectivity index (χ3v) is 4.08. The van der Waals surface area contributed by atoms with Gasteiger partial charge < -0.3 is 16.0 Å². The van der Waals surface area contributed by atoms with Crippen LogP contribution in [-0.2, 0) is 0 Å². The summed E-state index contributed by atoms with van der Waals surface area (Å²) in [6.07, 6.45) is 8.27. The van der Waals surface area contributed by atoms with E-state index in [0.717, 1.165) is 32.2 Å². The minimum atomic E-state index is 0.0948. The molecule has 98 valence electrons. The fraction of sp³-hybridized carbons (Fsp3) is 0.923. The maximum atomic E-state index is 12.0. The normalized spacial score (nSPS) is 29.5. The summed E-state index contributed by atoms with van der Waals surface area (Å²) in [6.45, 7) is 0.853. The molecule has 0 unspecified atom stereocenters.